The van der Waals surface area contributed by atoms with Gasteiger partial charge in [0, 0.05) is 43.9 Å². The summed E-state index contributed by atoms with van der Waals surface area (Å²) < 4.78 is 0. The molecule has 2 amide bonds. The number of anilines is 1. The normalized spacial score (nSPS) is 23.4. The Morgan fingerprint density at radius 3 is 2.48 bits per heavy atom. The number of hydrogen-bond acceptors (Lipinski definition) is 4. The highest BCUT2D eigenvalue weighted by atomic mass is 16.5. The Hall–Kier alpha value is -2.34. The van der Waals surface area contributed by atoms with Crippen molar-refractivity contribution in [3.05, 3.63) is 35.9 Å². The number of nitrogens with zero attached hydrogens (tertiary/aromatic N) is 2. The molecule has 1 aliphatic carbocycles. The molecule has 2 aliphatic rings. The van der Waals surface area contributed by atoms with Crippen molar-refractivity contribution < 1.29 is 14.8 Å². The Bertz CT molecular complexity index is 660. The van der Waals surface area contributed by atoms with Crippen LogP contribution in [-0.2, 0) is 9.59 Å². The van der Waals surface area contributed by atoms with Gasteiger partial charge in [-0.3, -0.25) is 14.8 Å². The Morgan fingerprint density at radius 2 is 1.84 bits per heavy atom. The zero-order chi connectivity index (χ0) is 17.8. The van der Waals surface area contributed by atoms with E-state index in [-0.39, 0.29) is 5.92 Å². The molecule has 1 heterocycles. The minimum atomic E-state index is -0.556. The second-order valence-electron chi connectivity index (χ2n) is 6.95. The molecule has 3 rings (SSSR count). The fraction of sp³-hybridized carbons (Fsp3) is 0.474. The number of hydroxylamine groups is 1. The van der Waals surface area contributed by atoms with Crippen molar-refractivity contribution in [2.24, 2.45) is 11.8 Å². The van der Waals surface area contributed by atoms with Crippen molar-refractivity contribution in [3.63, 3.8) is 0 Å². The van der Waals surface area contributed by atoms with Gasteiger partial charge in [0.25, 0.3) is 5.91 Å². The van der Waals surface area contributed by atoms with Crippen LogP contribution in [0.15, 0.2) is 30.3 Å². The molecular weight excluding hydrogens is 318 g/mol. The van der Waals surface area contributed by atoms with Gasteiger partial charge in [-0.05, 0) is 36.5 Å². The van der Waals surface area contributed by atoms with Crippen LogP contribution in [0, 0.1) is 11.8 Å². The molecule has 0 unspecified atom stereocenters. The molecule has 0 spiro atoms. The van der Waals surface area contributed by atoms with Crippen LogP contribution in [0.4, 0.5) is 5.69 Å². The topological polar surface area (TPSA) is 72.9 Å². The van der Waals surface area contributed by atoms with Gasteiger partial charge in [-0.1, -0.05) is 25.1 Å². The maximum atomic E-state index is 12.5. The molecule has 2 N–H and O–H groups in total. The van der Waals surface area contributed by atoms with Gasteiger partial charge in [0.15, 0.2) is 0 Å². The molecular formula is C19H25N3O3. The minimum absolute atomic E-state index is 0.230. The molecule has 0 radical (unpaired) electrons. The lowest BCUT2D eigenvalue weighted by Crippen LogP contribution is -2.52. The summed E-state index contributed by atoms with van der Waals surface area (Å²) in [5.74, 6) is 0.671. The van der Waals surface area contributed by atoms with Crippen molar-refractivity contribution >= 4 is 23.6 Å². The maximum absolute atomic E-state index is 12.5. The summed E-state index contributed by atoms with van der Waals surface area (Å²) in [4.78, 5) is 27.9. The first kappa shape index (κ1) is 17.5. The molecule has 1 saturated carbocycles. The van der Waals surface area contributed by atoms with Crippen LogP contribution < -0.4 is 10.4 Å². The van der Waals surface area contributed by atoms with E-state index in [1.165, 1.54) is 6.08 Å². The zero-order valence-corrected chi connectivity index (χ0v) is 14.5. The lowest BCUT2D eigenvalue weighted by atomic mass is 9.75. The number of hydrogen-bond donors (Lipinski definition) is 2. The number of carbonyl (C=O) groups is 2. The van der Waals surface area contributed by atoms with Gasteiger partial charge in [-0.2, -0.15) is 0 Å². The molecule has 0 atom stereocenters. The predicted octanol–water partition coefficient (Wildman–Crippen LogP) is 1.90. The Kier molecular flexibility index (Phi) is 5.38. The smallest absolute Gasteiger partial charge is 0.267 e. The number of carbonyl (C=O) groups excluding carboxylic acids is 2. The molecule has 0 bridgehead atoms. The van der Waals surface area contributed by atoms with E-state index >= 15 is 0 Å². The number of benzene rings is 1. The predicted molar refractivity (Wildman–Crippen MR) is 96.1 cm³/mol. The molecule has 1 saturated heterocycles. The fourth-order valence-electron chi connectivity index (χ4n) is 3.65. The third-order valence-corrected chi connectivity index (χ3v) is 5.12. The van der Waals surface area contributed by atoms with Gasteiger partial charge < -0.3 is 9.80 Å². The van der Waals surface area contributed by atoms with Gasteiger partial charge in [0.05, 0.1) is 0 Å². The zero-order valence-electron chi connectivity index (χ0n) is 14.5. The second kappa shape index (κ2) is 7.70. The lowest BCUT2D eigenvalue weighted by molar-refractivity contribution is -0.140. The summed E-state index contributed by atoms with van der Waals surface area (Å²) in [7, 11) is 0. The van der Waals surface area contributed by atoms with Crippen LogP contribution in [-0.4, -0.2) is 48.1 Å². The van der Waals surface area contributed by atoms with E-state index in [9.17, 15) is 9.59 Å². The second-order valence-corrected chi connectivity index (χ2v) is 6.95. The van der Waals surface area contributed by atoms with Crippen molar-refractivity contribution in [1.82, 2.24) is 10.4 Å². The Labute approximate surface area is 148 Å². The number of para-hydroxylation sites is 1. The standard InChI is InChI=1S/C19H25N3O3/c1-14-12-16(13-14)19(24)22-10-8-21(9-11-22)17-5-3-2-4-15(17)6-7-18(23)20-25/h2-7,14,16,25H,8-13H2,1H3,(H,20,23)/b7-6+. The summed E-state index contributed by atoms with van der Waals surface area (Å²) in [6.45, 7) is 5.23. The van der Waals surface area contributed by atoms with Gasteiger partial charge in [-0.25, -0.2) is 5.48 Å². The third-order valence-electron chi connectivity index (χ3n) is 5.12. The first-order chi connectivity index (χ1) is 12.1. The van der Waals surface area contributed by atoms with Crippen LogP contribution in [0.1, 0.15) is 25.3 Å². The monoisotopic (exact) mass is 343 g/mol. The van der Waals surface area contributed by atoms with E-state index in [4.69, 9.17) is 5.21 Å². The maximum Gasteiger partial charge on any atom is 0.267 e. The molecule has 1 aliphatic heterocycles. The van der Waals surface area contributed by atoms with Crippen molar-refractivity contribution in [1.29, 1.82) is 0 Å². The van der Waals surface area contributed by atoms with E-state index in [1.54, 1.807) is 11.6 Å². The highest BCUT2D eigenvalue weighted by Gasteiger charge is 2.35. The highest BCUT2D eigenvalue weighted by molar-refractivity contribution is 5.92. The van der Waals surface area contributed by atoms with E-state index < -0.39 is 5.91 Å². The van der Waals surface area contributed by atoms with Gasteiger partial charge in [0.1, 0.15) is 0 Å². The van der Waals surface area contributed by atoms with E-state index in [0.717, 1.165) is 50.3 Å². The molecule has 25 heavy (non-hydrogen) atoms. The van der Waals surface area contributed by atoms with Crippen LogP contribution in [0.2, 0.25) is 0 Å². The van der Waals surface area contributed by atoms with E-state index in [1.807, 2.05) is 29.2 Å². The first-order valence-electron chi connectivity index (χ1n) is 8.83. The van der Waals surface area contributed by atoms with E-state index in [2.05, 4.69) is 11.8 Å². The molecule has 1 aromatic carbocycles. The number of piperazine rings is 1. The number of rotatable bonds is 4. The third kappa shape index (κ3) is 4.02. The SMILES string of the molecule is CC1CC(C(=O)N2CCN(c3ccccc3/C=C/C(=O)NO)CC2)C1. The average Bonchev–Trinajstić information content (AvgIpc) is 2.63. The number of amides is 2. The van der Waals surface area contributed by atoms with Gasteiger partial charge >= 0.3 is 0 Å². The van der Waals surface area contributed by atoms with Crippen molar-refractivity contribution in [3.8, 4) is 0 Å². The minimum Gasteiger partial charge on any atom is -0.367 e. The molecule has 0 aromatic heterocycles. The molecule has 6 nitrogen and oxygen atoms in total. The Morgan fingerprint density at radius 1 is 1.16 bits per heavy atom. The summed E-state index contributed by atoms with van der Waals surface area (Å²) in [5, 5.41) is 8.60. The Balaban J connectivity index is 1.62. The molecule has 2 fully saturated rings. The van der Waals surface area contributed by atoms with E-state index in [0.29, 0.717) is 11.8 Å². The van der Waals surface area contributed by atoms with Gasteiger partial charge in [-0.15, -0.1) is 0 Å². The van der Waals surface area contributed by atoms with Crippen LogP contribution in [0.3, 0.4) is 0 Å². The van der Waals surface area contributed by atoms with Crippen molar-refractivity contribution in [2.45, 2.75) is 19.8 Å². The average molecular weight is 343 g/mol. The quantitative estimate of drug-likeness (QED) is 0.498. The summed E-state index contributed by atoms with van der Waals surface area (Å²) in [6.07, 6.45) is 5.05. The number of nitrogens with one attached hydrogen (secondary N) is 1. The molecule has 6 heteroatoms. The van der Waals surface area contributed by atoms with Crippen LogP contribution in [0.5, 0.6) is 0 Å². The van der Waals surface area contributed by atoms with Crippen LogP contribution >= 0.6 is 0 Å². The first-order valence-corrected chi connectivity index (χ1v) is 8.83. The summed E-state index contributed by atoms with van der Waals surface area (Å²) >= 11 is 0. The molecule has 1 aromatic rings. The lowest BCUT2D eigenvalue weighted by Gasteiger charge is -2.41. The summed E-state index contributed by atoms with van der Waals surface area (Å²) in [6, 6.07) is 7.83. The van der Waals surface area contributed by atoms with Gasteiger partial charge in [0.2, 0.25) is 5.91 Å². The van der Waals surface area contributed by atoms with Crippen LogP contribution in [0.25, 0.3) is 6.08 Å². The largest absolute Gasteiger partial charge is 0.367 e. The highest BCUT2D eigenvalue weighted by Crippen LogP contribution is 2.34. The van der Waals surface area contributed by atoms with Crippen molar-refractivity contribution in [2.75, 3.05) is 31.1 Å². The fourth-order valence-corrected chi connectivity index (χ4v) is 3.65. The summed E-state index contributed by atoms with van der Waals surface area (Å²) in [5.41, 5.74) is 3.55. The molecule has 134 valence electrons.